The lowest BCUT2D eigenvalue weighted by Gasteiger charge is -2.06. The van der Waals surface area contributed by atoms with Crippen LogP contribution >= 0.6 is 0 Å². The molecule has 124 valence electrons. The lowest BCUT2D eigenvalue weighted by atomic mass is 10.2. The molecule has 0 amide bonds. The van der Waals surface area contributed by atoms with Crippen molar-refractivity contribution >= 4 is 12.3 Å². The average Bonchev–Trinajstić information content (AvgIpc) is 2.47. The minimum Gasteiger partial charge on any atom is -0.434 e. The van der Waals surface area contributed by atoms with Crippen LogP contribution in [0.25, 0.3) is 0 Å². The molecule has 0 aromatic carbocycles. The van der Waals surface area contributed by atoms with Gasteiger partial charge >= 0.3 is 12.3 Å². The van der Waals surface area contributed by atoms with Crippen molar-refractivity contribution in [3.05, 3.63) is 0 Å². The van der Waals surface area contributed by atoms with Crippen LogP contribution in [-0.2, 0) is 18.9 Å². The molecular formula is C15H28O6. The number of ether oxygens (including phenoxy) is 4. The summed E-state index contributed by atoms with van der Waals surface area (Å²) in [5.74, 6) is 0. The van der Waals surface area contributed by atoms with Crippen LogP contribution in [0.1, 0.15) is 58.8 Å². The molecule has 6 nitrogen and oxygen atoms in total. The van der Waals surface area contributed by atoms with Crippen LogP contribution < -0.4 is 0 Å². The van der Waals surface area contributed by atoms with Crippen LogP contribution in [0.15, 0.2) is 0 Å². The Bertz CT molecular complexity index is 241. The molecule has 0 aliphatic heterocycles. The van der Waals surface area contributed by atoms with E-state index in [1.165, 1.54) is 0 Å². The fraction of sp³-hybridized carbons (Fsp3) is 0.867. The van der Waals surface area contributed by atoms with Gasteiger partial charge in [0.25, 0.3) is 0 Å². The molecule has 0 heterocycles. The first-order chi connectivity index (χ1) is 10.2. The lowest BCUT2D eigenvalue weighted by molar-refractivity contribution is 0.0493. The number of hydrogen-bond donors (Lipinski definition) is 0. The molecule has 0 atom stereocenters. The highest BCUT2D eigenvalue weighted by Crippen LogP contribution is 2.00. The van der Waals surface area contributed by atoms with Crippen molar-refractivity contribution in [2.24, 2.45) is 0 Å². The van der Waals surface area contributed by atoms with E-state index in [1.807, 2.05) is 13.8 Å². The monoisotopic (exact) mass is 304 g/mol. The summed E-state index contributed by atoms with van der Waals surface area (Å²) in [5.41, 5.74) is 0. The maximum atomic E-state index is 11.1. The van der Waals surface area contributed by atoms with Gasteiger partial charge in [0.1, 0.15) is 0 Å². The van der Waals surface area contributed by atoms with Gasteiger partial charge in [-0.3, -0.25) is 0 Å². The van der Waals surface area contributed by atoms with Crippen molar-refractivity contribution in [1.82, 2.24) is 0 Å². The van der Waals surface area contributed by atoms with Gasteiger partial charge in [-0.25, -0.2) is 9.59 Å². The number of carbonyl (C=O) groups excluding carboxylic acids is 2. The van der Waals surface area contributed by atoms with E-state index in [1.54, 1.807) is 0 Å². The van der Waals surface area contributed by atoms with Crippen LogP contribution in [0.4, 0.5) is 9.59 Å². The molecule has 0 aliphatic rings. The van der Waals surface area contributed by atoms with E-state index in [9.17, 15) is 9.59 Å². The van der Waals surface area contributed by atoms with Crippen molar-refractivity contribution in [2.75, 3.05) is 26.4 Å². The van der Waals surface area contributed by atoms with Crippen molar-refractivity contribution in [3.63, 3.8) is 0 Å². The highest BCUT2D eigenvalue weighted by Gasteiger charge is 2.04. The van der Waals surface area contributed by atoms with Gasteiger partial charge in [0, 0.05) is 0 Å². The molecule has 0 aliphatic carbocycles. The highest BCUT2D eigenvalue weighted by molar-refractivity contribution is 5.60. The van der Waals surface area contributed by atoms with Crippen molar-refractivity contribution in [3.8, 4) is 0 Å². The normalized spacial score (nSPS) is 10.0. The van der Waals surface area contributed by atoms with E-state index in [0.29, 0.717) is 26.4 Å². The smallest absolute Gasteiger partial charge is 0.434 e. The van der Waals surface area contributed by atoms with Crippen LogP contribution in [0.5, 0.6) is 0 Å². The van der Waals surface area contributed by atoms with Gasteiger partial charge < -0.3 is 18.9 Å². The first kappa shape index (κ1) is 19.5. The summed E-state index contributed by atoms with van der Waals surface area (Å²) in [4.78, 5) is 22.2. The molecule has 0 fully saturated rings. The molecular weight excluding hydrogens is 276 g/mol. The summed E-state index contributed by atoms with van der Waals surface area (Å²) in [7, 11) is 0. The van der Waals surface area contributed by atoms with Crippen LogP contribution in [0.2, 0.25) is 0 Å². The predicted molar refractivity (Wildman–Crippen MR) is 78.3 cm³/mol. The predicted octanol–water partition coefficient (Wildman–Crippen LogP) is 4.06. The summed E-state index contributed by atoms with van der Waals surface area (Å²) in [6.45, 7) is 5.51. The van der Waals surface area contributed by atoms with E-state index >= 15 is 0 Å². The second-order valence-electron chi connectivity index (χ2n) is 4.66. The largest absolute Gasteiger partial charge is 0.508 e. The third-order valence-electron chi connectivity index (χ3n) is 2.66. The lowest BCUT2D eigenvalue weighted by Crippen LogP contribution is -2.10. The first-order valence-electron chi connectivity index (χ1n) is 7.79. The number of rotatable bonds is 12. The first-order valence-corrected chi connectivity index (χ1v) is 7.79. The van der Waals surface area contributed by atoms with Gasteiger partial charge in [0.15, 0.2) is 0 Å². The third kappa shape index (κ3) is 14.8. The SMILES string of the molecule is CCCCOC(=O)OCCCCCOC(=O)OCCCC. The summed E-state index contributed by atoms with van der Waals surface area (Å²) < 4.78 is 19.5. The van der Waals surface area contributed by atoms with E-state index in [4.69, 9.17) is 18.9 Å². The molecule has 0 aromatic rings. The number of carbonyl (C=O) groups is 2. The molecule has 0 unspecified atom stereocenters. The molecule has 0 radical (unpaired) electrons. The van der Waals surface area contributed by atoms with E-state index in [-0.39, 0.29) is 0 Å². The zero-order valence-electron chi connectivity index (χ0n) is 13.2. The van der Waals surface area contributed by atoms with Crippen molar-refractivity contribution in [1.29, 1.82) is 0 Å². The molecule has 0 spiro atoms. The Hall–Kier alpha value is -1.46. The highest BCUT2D eigenvalue weighted by atomic mass is 16.7. The van der Waals surface area contributed by atoms with E-state index in [0.717, 1.165) is 44.9 Å². The zero-order valence-corrected chi connectivity index (χ0v) is 13.2. The van der Waals surface area contributed by atoms with Gasteiger partial charge in [-0.1, -0.05) is 26.7 Å². The van der Waals surface area contributed by atoms with Gasteiger partial charge in [-0.15, -0.1) is 0 Å². The maximum Gasteiger partial charge on any atom is 0.508 e. The molecule has 0 rings (SSSR count). The zero-order chi connectivity index (χ0) is 15.8. The van der Waals surface area contributed by atoms with Crippen molar-refractivity contribution < 1.29 is 28.5 Å². The standard InChI is InChI=1S/C15H28O6/c1-3-5-10-18-14(16)20-12-8-7-9-13-21-15(17)19-11-6-4-2/h3-13H2,1-2H3. The molecule has 0 saturated carbocycles. The Morgan fingerprint density at radius 1 is 0.571 bits per heavy atom. The Morgan fingerprint density at radius 3 is 1.24 bits per heavy atom. The average molecular weight is 304 g/mol. The minimum atomic E-state index is -0.612. The summed E-state index contributed by atoms with van der Waals surface area (Å²) in [6.07, 6.45) is 4.68. The van der Waals surface area contributed by atoms with Gasteiger partial charge in [-0.05, 0) is 32.1 Å². The van der Waals surface area contributed by atoms with E-state index in [2.05, 4.69) is 0 Å². The van der Waals surface area contributed by atoms with Gasteiger partial charge in [0.2, 0.25) is 0 Å². The Balaban J connectivity index is 3.24. The topological polar surface area (TPSA) is 71.1 Å². The maximum absolute atomic E-state index is 11.1. The Labute approximate surface area is 127 Å². The summed E-state index contributed by atoms with van der Waals surface area (Å²) in [5, 5.41) is 0. The molecule has 21 heavy (non-hydrogen) atoms. The fourth-order valence-corrected chi connectivity index (χ4v) is 1.37. The van der Waals surface area contributed by atoms with Gasteiger partial charge in [0.05, 0.1) is 26.4 Å². The number of hydrogen-bond acceptors (Lipinski definition) is 6. The van der Waals surface area contributed by atoms with Crippen LogP contribution in [-0.4, -0.2) is 38.7 Å². The number of unbranched alkanes of at least 4 members (excludes halogenated alkanes) is 4. The Morgan fingerprint density at radius 2 is 0.905 bits per heavy atom. The molecule has 0 aromatic heterocycles. The summed E-state index contributed by atoms with van der Waals surface area (Å²) in [6, 6.07) is 0. The fourth-order valence-electron chi connectivity index (χ4n) is 1.37. The minimum absolute atomic E-state index is 0.325. The molecule has 0 N–H and O–H groups in total. The second-order valence-corrected chi connectivity index (χ2v) is 4.66. The molecule has 6 heteroatoms. The quantitative estimate of drug-likeness (QED) is 0.400. The second kappa shape index (κ2) is 14.9. The van der Waals surface area contributed by atoms with E-state index < -0.39 is 12.3 Å². The third-order valence-corrected chi connectivity index (χ3v) is 2.66. The van der Waals surface area contributed by atoms with Crippen LogP contribution in [0.3, 0.4) is 0 Å². The van der Waals surface area contributed by atoms with Gasteiger partial charge in [-0.2, -0.15) is 0 Å². The van der Waals surface area contributed by atoms with Crippen molar-refractivity contribution in [2.45, 2.75) is 58.8 Å². The summed E-state index contributed by atoms with van der Waals surface area (Å²) >= 11 is 0. The molecule has 0 saturated heterocycles. The molecule has 0 bridgehead atoms. The van der Waals surface area contributed by atoms with Crippen LogP contribution in [0, 0.1) is 0 Å². The Kier molecular flexibility index (Phi) is 13.9.